The summed E-state index contributed by atoms with van der Waals surface area (Å²) in [6.45, 7) is 7.52. The monoisotopic (exact) mass is 138 g/mol. The largest absolute Gasteiger partial charge is 0.103 e. The first kappa shape index (κ1) is 9.48. The number of rotatable bonds is 0. The fourth-order valence-electron chi connectivity index (χ4n) is 0.982. The molecule has 0 aliphatic heterocycles. The van der Waals surface area contributed by atoms with Gasteiger partial charge in [0.15, 0.2) is 0 Å². The van der Waals surface area contributed by atoms with Crippen LogP contribution < -0.4 is 0 Å². The van der Waals surface area contributed by atoms with Crippen molar-refractivity contribution in [1.82, 2.24) is 0 Å². The Hall–Kier alpha value is -0.520. The smallest absolute Gasteiger partial charge is 0.0262 e. The van der Waals surface area contributed by atoms with E-state index < -0.39 is 0 Å². The van der Waals surface area contributed by atoms with E-state index in [9.17, 15) is 0 Å². The molecule has 0 aromatic rings. The minimum absolute atomic E-state index is 0.855. The zero-order chi connectivity index (χ0) is 7.82. The summed E-state index contributed by atoms with van der Waals surface area (Å²) in [6.07, 6.45) is 10.5. The maximum Gasteiger partial charge on any atom is -0.0262 e. The fraction of sp³-hybridized carbons (Fsp3) is 0.600. The average molecular weight is 138 g/mol. The highest BCUT2D eigenvalue weighted by molar-refractivity contribution is 4.90. The molecular formula is C10H18. The molecule has 1 aliphatic carbocycles. The number of allylic oxidation sites excluding steroid dienone is 3. The highest BCUT2D eigenvalue weighted by Crippen LogP contribution is 2.14. The van der Waals surface area contributed by atoms with Crippen LogP contribution in [-0.2, 0) is 0 Å². The van der Waals surface area contributed by atoms with E-state index in [-0.39, 0.29) is 0 Å². The minimum Gasteiger partial charge on any atom is -0.103 e. The van der Waals surface area contributed by atoms with Gasteiger partial charge in [-0.15, -0.1) is 6.58 Å². The molecule has 0 N–H and O–H groups in total. The molecule has 1 rings (SSSR count). The Balaban J connectivity index is 0.000000236. The lowest BCUT2D eigenvalue weighted by Gasteiger charge is -2.08. The van der Waals surface area contributed by atoms with Crippen molar-refractivity contribution in [2.24, 2.45) is 5.92 Å². The van der Waals surface area contributed by atoms with Crippen LogP contribution in [0.3, 0.4) is 0 Å². The molecule has 0 aromatic carbocycles. The Morgan fingerprint density at radius 2 is 2.20 bits per heavy atom. The van der Waals surface area contributed by atoms with Gasteiger partial charge in [0.1, 0.15) is 0 Å². The SMILES string of the molecule is C=CC.C[C@H]1C=CCCC1. The topological polar surface area (TPSA) is 0 Å². The van der Waals surface area contributed by atoms with Crippen LogP contribution in [0, 0.1) is 5.92 Å². The van der Waals surface area contributed by atoms with Gasteiger partial charge in [0.25, 0.3) is 0 Å². The van der Waals surface area contributed by atoms with Crippen LogP contribution in [0.5, 0.6) is 0 Å². The highest BCUT2D eigenvalue weighted by atomic mass is 14.0. The van der Waals surface area contributed by atoms with Gasteiger partial charge in [-0.2, -0.15) is 0 Å². The van der Waals surface area contributed by atoms with Gasteiger partial charge in [-0.25, -0.2) is 0 Å². The lowest BCUT2D eigenvalue weighted by molar-refractivity contribution is 0.584. The lowest BCUT2D eigenvalue weighted by atomic mass is 9.98. The minimum atomic E-state index is 0.855. The molecule has 0 saturated carbocycles. The standard InChI is InChI=1S/C7H12.C3H6/c1-7-5-3-2-4-6-7;1-3-2/h3,5,7H,2,4,6H2,1H3;3H,1H2,2H3/t7-;/m0./s1. The van der Waals surface area contributed by atoms with E-state index in [2.05, 4.69) is 25.7 Å². The van der Waals surface area contributed by atoms with Crippen LogP contribution in [0.25, 0.3) is 0 Å². The zero-order valence-electron chi connectivity index (χ0n) is 7.14. The second-order valence-electron chi connectivity index (χ2n) is 2.74. The molecule has 0 amide bonds. The molecule has 0 unspecified atom stereocenters. The van der Waals surface area contributed by atoms with Gasteiger partial charge < -0.3 is 0 Å². The third kappa shape index (κ3) is 5.61. The predicted molar refractivity (Wildman–Crippen MR) is 48.0 cm³/mol. The Morgan fingerprint density at radius 3 is 2.40 bits per heavy atom. The first-order valence-electron chi connectivity index (χ1n) is 4.05. The van der Waals surface area contributed by atoms with Crippen LogP contribution in [0.4, 0.5) is 0 Å². The van der Waals surface area contributed by atoms with Crippen LogP contribution in [-0.4, -0.2) is 0 Å². The second-order valence-corrected chi connectivity index (χ2v) is 2.74. The van der Waals surface area contributed by atoms with Gasteiger partial charge in [0.2, 0.25) is 0 Å². The molecule has 0 heterocycles. The van der Waals surface area contributed by atoms with Crippen molar-refractivity contribution in [3.8, 4) is 0 Å². The normalized spacial score (nSPS) is 22.8. The third-order valence-corrected chi connectivity index (χ3v) is 1.49. The summed E-state index contributed by atoms with van der Waals surface area (Å²) in [7, 11) is 0. The Kier molecular flexibility index (Phi) is 6.25. The summed E-state index contributed by atoms with van der Waals surface area (Å²) >= 11 is 0. The summed E-state index contributed by atoms with van der Waals surface area (Å²) in [4.78, 5) is 0. The predicted octanol–water partition coefficient (Wildman–Crippen LogP) is 3.55. The fourth-order valence-corrected chi connectivity index (χ4v) is 0.982. The molecule has 0 radical (unpaired) electrons. The van der Waals surface area contributed by atoms with Crippen molar-refractivity contribution in [3.05, 3.63) is 24.8 Å². The van der Waals surface area contributed by atoms with Crippen LogP contribution in [0.2, 0.25) is 0 Å². The molecule has 0 fully saturated rings. The van der Waals surface area contributed by atoms with Crippen molar-refractivity contribution in [1.29, 1.82) is 0 Å². The van der Waals surface area contributed by atoms with Crippen molar-refractivity contribution in [2.75, 3.05) is 0 Å². The van der Waals surface area contributed by atoms with Gasteiger partial charge in [0, 0.05) is 0 Å². The molecule has 10 heavy (non-hydrogen) atoms. The Morgan fingerprint density at radius 1 is 1.60 bits per heavy atom. The Labute approximate surface area is 64.6 Å². The van der Waals surface area contributed by atoms with Crippen molar-refractivity contribution in [2.45, 2.75) is 33.1 Å². The van der Waals surface area contributed by atoms with E-state index in [1.54, 1.807) is 6.08 Å². The maximum absolute atomic E-state index is 3.36. The van der Waals surface area contributed by atoms with Gasteiger partial charge in [-0.05, 0) is 32.1 Å². The lowest BCUT2D eigenvalue weighted by Crippen LogP contribution is -1.92. The van der Waals surface area contributed by atoms with Gasteiger partial charge in [-0.1, -0.05) is 25.2 Å². The van der Waals surface area contributed by atoms with Crippen molar-refractivity contribution >= 4 is 0 Å². The van der Waals surface area contributed by atoms with E-state index in [0.29, 0.717) is 0 Å². The summed E-state index contributed by atoms with van der Waals surface area (Å²) in [5, 5.41) is 0. The van der Waals surface area contributed by atoms with E-state index in [4.69, 9.17) is 0 Å². The van der Waals surface area contributed by atoms with Crippen molar-refractivity contribution < 1.29 is 0 Å². The zero-order valence-corrected chi connectivity index (χ0v) is 7.14. The third-order valence-electron chi connectivity index (χ3n) is 1.49. The summed E-state index contributed by atoms with van der Waals surface area (Å²) in [5.41, 5.74) is 0. The van der Waals surface area contributed by atoms with E-state index in [0.717, 1.165) is 5.92 Å². The summed E-state index contributed by atoms with van der Waals surface area (Å²) in [6, 6.07) is 0. The molecular weight excluding hydrogens is 120 g/mol. The molecule has 0 nitrogen and oxygen atoms in total. The van der Waals surface area contributed by atoms with E-state index >= 15 is 0 Å². The first-order valence-corrected chi connectivity index (χ1v) is 4.05. The van der Waals surface area contributed by atoms with E-state index in [1.165, 1.54) is 19.3 Å². The molecule has 0 heteroatoms. The van der Waals surface area contributed by atoms with Crippen LogP contribution >= 0.6 is 0 Å². The Bertz CT molecular complexity index is 101. The van der Waals surface area contributed by atoms with Crippen molar-refractivity contribution in [3.63, 3.8) is 0 Å². The molecule has 58 valence electrons. The van der Waals surface area contributed by atoms with Crippen LogP contribution in [0.1, 0.15) is 33.1 Å². The molecule has 0 spiro atoms. The number of hydrogen-bond donors (Lipinski definition) is 0. The second kappa shape index (κ2) is 6.60. The average Bonchev–Trinajstić information content (AvgIpc) is 1.91. The highest BCUT2D eigenvalue weighted by Gasteiger charge is 1.98. The van der Waals surface area contributed by atoms with E-state index in [1.807, 2.05) is 6.92 Å². The molecule has 1 aliphatic rings. The first-order chi connectivity index (χ1) is 4.81. The summed E-state index contributed by atoms with van der Waals surface area (Å²) in [5.74, 6) is 0.855. The molecule has 1 atom stereocenters. The summed E-state index contributed by atoms with van der Waals surface area (Å²) < 4.78 is 0. The maximum atomic E-state index is 3.36. The van der Waals surface area contributed by atoms with Gasteiger partial charge in [-0.3, -0.25) is 0 Å². The quantitative estimate of drug-likeness (QED) is 0.449. The molecule has 0 aromatic heterocycles. The molecule has 0 saturated heterocycles. The van der Waals surface area contributed by atoms with Crippen LogP contribution in [0.15, 0.2) is 24.8 Å². The van der Waals surface area contributed by atoms with Gasteiger partial charge >= 0.3 is 0 Å². The number of hydrogen-bond acceptors (Lipinski definition) is 0. The van der Waals surface area contributed by atoms with Gasteiger partial charge in [0.05, 0.1) is 0 Å². The molecule has 0 bridgehead atoms.